The van der Waals surface area contributed by atoms with Crippen LogP contribution in [0.4, 0.5) is 5.82 Å². The van der Waals surface area contributed by atoms with E-state index in [2.05, 4.69) is 26.4 Å². The molecule has 2 aliphatic rings. The summed E-state index contributed by atoms with van der Waals surface area (Å²) < 4.78 is 1.69. The first-order chi connectivity index (χ1) is 17.0. The van der Waals surface area contributed by atoms with Crippen LogP contribution in [0.25, 0.3) is 11.2 Å². The number of hydrogen-bond donors (Lipinski definition) is 1. The molecule has 0 bridgehead atoms. The topological polar surface area (TPSA) is 103 Å². The Kier molecular flexibility index (Phi) is 6.78. The van der Waals surface area contributed by atoms with Gasteiger partial charge in [0.25, 0.3) is 0 Å². The van der Waals surface area contributed by atoms with Crippen LogP contribution < -0.4 is 10.2 Å². The first-order valence-corrected chi connectivity index (χ1v) is 12.6. The molecule has 0 radical (unpaired) electrons. The van der Waals surface area contributed by atoms with E-state index in [9.17, 15) is 10.1 Å². The Hall–Kier alpha value is -2.93. The SMILES string of the molecule is CC(c1ccc(Cl)cc1Cl)n1nc(C#N)c2ncc(N3CCN(C(=O)[C@H]4CCCCN4)CC3)nc21. The number of nitriles is 1. The molecule has 1 aromatic carbocycles. The number of anilines is 1. The second-order valence-electron chi connectivity index (χ2n) is 8.96. The quantitative estimate of drug-likeness (QED) is 0.571. The van der Waals surface area contributed by atoms with Gasteiger partial charge >= 0.3 is 0 Å². The molecule has 0 saturated carbocycles. The average Bonchev–Trinajstić information content (AvgIpc) is 3.26. The van der Waals surface area contributed by atoms with Crippen molar-refractivity contribution in [1.29, 1.82) is 5.26 Å². The van der Waals surface area contributed by atoms with E-state index in [-0.39, 0.29) is 23.7 Å². The highest BCUT2D eigenvalue weighted by molar-refractivity contribution is 6.35. The summed E-state index contributed by atoms with van der Waals surface area (Å²) in [6.07, 6.45) is 4.81. The van der Waals surface area contributed by atoms with Crippen LogP contribution >= 0.6 is 23.2 Å². The zero-order chi connectivity index (χ0) is 24.5. The summed E-state index contributed by atoms with van der Waals surface area (Å²) in [5, 5.41) is 18.5. The minimum Gasteiger partial charge on any atom is -0.352 e. The molecule has 4 heterocycles. The number of aromatic nitrogens is 4. The maximum Gasteiger partial charge on any atom is 0.239 e. The van der Waals surface area contributed by atoms with Gasteiger partial charge in [0, 0.05) is 36.2 Å². The largest absolute Gasteiger partial charge is 0.352 e. The van der Waals surface area contributed by atoms with Gasteiger partial charge < -0.3 is 15.1 Å². The molecule has 9 nitrogen and oxygen atoms in total. The normalized spacial score (nSPS) is 19.5. The van der Waals surface area contributed by atoms with Crippen LogP contribution in [0.2, 0.25) is 10.0 Å². The van der Waals surface area contributed by atoms with Crippen molar-refractivity contribution in [3.05, 3.63) is 45.7 Å². The molecule has 2 fully saturated rings. The zero-order valence-corrected chi connectivity index (χ0v) is 20.9. The molecule has 182 valence electrons. The van der Waals surface area contributed by atoms with E-state index < -0.39 is 0 Å². The van der Waals surface area contributed by atoms with Crippen molar-refractivity contribution in [3.8, 4) is 6.07 Å². The summed E-state index contributed by atoms with van der Waals surface area (Å²) in [5.74, 6) is 0.886. The van der Waals surface area contributed by atoms with Gasteiger partial charge in [0.05, 0.1) is 18.3 Å². The van der Waals surface area contributed by atoms with Gasteiger partial charge in [-0.15, -0.1) is 0 Å². The van der Waals surface area contributed by atoms with Crippen LogP contribution in [0.5, 0.6) is 0 Å². The smallest absolute Gasteiger partial charge is 0.239 e. The highest BCUT2D eigenvalue weighted by atomic mass is 35.5. The predicted molar refractivity (Wildman–Crippen MR) is 135 cm³/mol. The molecule has 35 heavy (non-hydrogen) atoms. The lowest BCUT2D eigenvalue weighted by atomic mass is 10.0. The van der Waals surface area contributed by atoms with Crippen LogP contribution in [-0.2, 0) is 4.79 Å². The van der Waals surface area contributed by atoms with Gasteiger partial charge in [-0.2, -0.15) is 10.4 Å². The second kappa shape index (κ2) is 9.97. The number of halogens is 2. The van der Waals surface area contributed by atoms with Crippen molar-refractivity contribution in [2.75, 3.05) is 37.6 Å². The minimum atomic E-state index is -0.286. The van der Waals surface area contributed by atoms with E-state index in [1.54, 1.807) is 23.0 Å². The van der Waals surface area contributed by atoms with Crippen LogP contribution in [0.3, 0.4) is 0 Å². The molecule has 2 atom stereocenters. The maximum absolute atomic E-state index is 12.9. The summed E-state index contributed by atoms with van der Waals surface area (Å²) in [6.45, 7) is 5.45. The highest BCUT2D eigenvalue weighted by Crippen LogP contribution is 2.31. The fourth-order valence-corrected chi connectivity index (χ4v) is 5.37. The van der Waals surface area contributed by atoms with Crippen molar-refractivity contribution < 1.29 is 4.79 Å². The van der Waals surface area contributed by atoms with Crippen LogP contribution in [0.15, 0.2) is 24.4 Å². The van der Waals surface area contributed by atoms with Crippen LogP contribution in [-0.4, -0.2) is 69.3 Å². The van der Waals surface area contributed by atoms with E-state index in [4.69, 9.17) is 28.2 Å². The Morgan fingerprint density at radius 3 is 2.71 bits per heavy atom. The number of amides is 1. The fourth-order valence-electron chi connectivity index (χ4n) is 4.81. The van der Waals surface area contributed by atoms with Gasteiger partial charge in [0.2, 0.25) is 5.91 Å². The molecule has 1 N–H and O–H groups in total. The lowest BCUT2D eigenvalue weighted by Crippen LogP contribution is -2.55. The summed E-state index contributed by atoms with van der Waals surface area (Å²) in [6, 6.07) is 7.08. The fraction of sp³-hybridized carbons (Fsp3) is 0.458. The number of piperidine rings is 1. The summed E-state index contributed by atoms with van der Waals surface area (Å²) >= 11 is 12.5. The number of carbonyl (C=O) groups is 1. The molecule has 3 aromatic rings. The van der Waals surface area contributed by atoms with Gasteiger partial charge in [-0.3, -0.25) is 4.79 Å². The number of rotatable bonds is 4. The number of nitrogens with one attached hydrogen (secondary N) is 1. The average molecular weight is 513 g/mol. The van der Waals surface area contributed by atoms with Crippen molar-refractivity contribution in [2.24, 2.45) is 0 Å². The van der Waals surface area contributed by atoms with Crippen molar-refractivity contribution in [1.82, 2.24) is 30.0 Å². The molecule has 2 aromatic heterocycles. The third kappa shape index (κ3) is 4.66. The summed E-state index contributed by atoms with van der Waals surface area (Å²) in [7, 11) is 0. The Morgan fingerprint density at radius 2 is 2.03 bits per heavy atom. The number of nitrogens with zero attached hydrogens (tertiary/aromatic N) is 7. The lowest BCUT2D eigenvalue weighted by molar-refractivity contribution is -0.134. The lowest BCUT2D eigenvalue weighted by Gasteiger charge is -2.37. The number of hydrogen-bond acceptors (Lipinski definition) is 7. The second-order valence-corrected chi connectivity index (χ2v) is 9.81. The standard InChI is InChI=1S/C24H26Cl2N8O/c1-15(17-6-5-16(25)12-18(17)26)34-23-22(20(13-27)31-34)29-14-21(30-23)32-8-10-33(11-9-32)24(35)19-4-2-3-7-28-19/h5-6,12,14-15,19,28H,2-4,7-11H2,1H3/t15?,19-/m1/s1. The molecular weight excluding hydrogens is 487 g/mol. The first kappa shape index (κ1) is 23.8. The Labute approximate surface area is 213 Å². The highest BCUT2D eigenvalue weighted by Gasteiger charge is 2.29. The van der Waals surface area contributed by atoms with Crippen LogP contribution in [0, 0.1) is 11.3 Å². The van der Waals surface area contributed by atoms with Crippen molar-refractivity contribution in [3.63, 3.8) is 0 Å². The number of piperazine rings is 1. The van der Waals surface area contributed by atoms with Crippen molar-refractivity contribution in [2.45, 2.75) is 38.3 Å². The van der Waals surface area contributed by atoms with E-state index in [1.165, 1.54) is 0 Å². The summed E-state index contributed by atoms with van der Waals surface area (Å²) in [4.78, 5) is 26.3. The van der Waals surface area contributed by atoms with E-state index in [1.807, 2.05) is 17.9 Å². The van der Waals surface area contributed by atoms with Gasteiger partial charge in [-0.25, -0.2) is 14.6 Å². The molecule has 5 rings (SSSR count). The molecule has 1 amide bonds. The van der Waals surface area contributed by atoms with Gasteiger partial charge in [-0.1, -0.05) is 35.7 Å². The molecule has 1 unspecified atom stereocenters. The Morgan fingerprint density at radius 1 is 1.23 bits per heavy atom. The van der Waals surface area contributed by atoms with Crippen molar-refractivity contribution >= 4 is 46.1 Å². The molecule has 2 aliphatic heterocycles. The molecule has 2 saturated heterocycles. The third-order valence-corrected chi connectivity index (χ3v) is 7.36. The number of carbonyl (C=O) groups excluding carboxylic acids is 1. The maximum atomic E-state index is 12.9. The number of fused-ring (bicyclic) bond motifs is 1. The summed E-state index contributed by atoms with van der Waals surface area (Å²) in [5.41, 5.74) is 2.00. The monoisotopic (exact) mass is 512 g/mol. The molecule has 11 heteroatoms. The predicted octanol–water partition coefficient (Wildman–Crippen LogP) is 3.40. The van der Waals surface area contributed by atoms with Gasteiger partial charge in [-0.05, 0) is 44.0 Å². The van der Waals surface area contributed by atoms with E-state index >= 15 is 0 Å². The van der Waals surface area contributed by atoms with Crippen LogP contribution in [0.1, 0.15) is 43.5 Å². The van der Waals surface area contributed by atoms with E-state index in [0.29, 0.717) is 53.2 Å². The van der Waals surface area contributed by atoms with E-state index in [0.717, 1.165) is 31.4 Å². The van der Waals surface area contributed by atoms with Gasteiger partial charge in [0.1, 0.15) is 17.4 Å². The minimum absolute atomic E-state index is 0.0635. The Bertz CT molecular complexity index is 1290. The molecule has 0 spiro atoms. The molecular formula is C24H26Cl2N8O. The third-order valence-electron chi connectivity index (χ3n) is 6.80. The first-order valence-electron chi connectivity index (χ1n) is 11.8. The number of benzene rings is 1. The Balaban J connectivity index is 1.38. The zero-order valence-electron chi connectivity index (χ0n) is 19.4. The molecule has 0 aliphatic carbocycles. The van der Waals surface area contributed by atoms with Gasteiger partial charge in [0.15, 0.2) is 11.3 Å².